The van der Waals surface area contributed by atoms with Crippen molar-refractivity contribution in [3.05, 3.63) is 53.3 Å². The molecule has 1 saturated heterocycles. The molecule has 1 fully saturated rings. The number of furan rings is 1. The molecule has 2 aromatic rings. The fourth-order valence-electron chi connectivity index (χ4n) is 3.21. The third-order valence-electron chi connectivity index (χ3n) is 4.85. The maximum atomic E-state index is 13.4. The zero-order chi connectivity index (χ0) is 19.3. The Kier molecular flexibility index (Phi) is 6.62. The van der Waals surface area contributed by atoms with E-state index < -0.39 is 7.60 Å². The SMILES string of the molecule is CCCCCCc1cc(Cc2ccccc2)c(P2(=O)OCC(C)(C)CO2)o1. The maximum Gasteiger partial charge on any atom is 0.396 e. The molecule has 0 unspecified atom stereocenters. The molecule has 27 heavy (non-hydrogen) atoms. The van der Waals surface area contributed by atoms with Crippen LogP contribution in [0.25, 0.3) is 0 Å². The molecule has 1 aliphatic rings. The van der Waals surface area contributed by atoms with Crippen molar-refractivity contribution in [2.24, 2.45) is 5.41 Å². The van der Waals surface area contributed by atoms with E-state index in [0.717, 1.165) is 29.7 Å². The number of unbranched alkanes of at least 4 members (excludes halogenated alkanes) is 3. The summed E-state index contributed by atoms with van der Waals surface area (Å²) < 4.78 is 30.9. The van der Waals surface area contributed by atoms with Gasteiger partial charge in [0.1, 0.15) is 5.76 Å². The van der Waals surface area contributed by atoms with Gasteiger partial charge in [-0.1, -0.05) is 70.4 Å². The van der Waals surface area contributed by atoms with Gasteiger partial charge in [-0.15, -0.1) is 0 Å². The van der Waals surface area contributed by atoms with E-state index in [4.69, 9.17) is 13.5 Å². The van der Waals surface area contributed by atoms with E-state index in [1.54, 1.807) is 0 Å². The Balaban J connectivity index is 1.83. The molecule has 0 radical (unpaired) electrons. The normalized spacial score (nSPS) is 18.5. The van der Waals surface area contributed by atoms with E-state index in [9.17, 15) is 4.57 Å². The maximum absolute atomic E-state index is 13.4. The third-order valence-corrected chi connectivity index (χ3v) is 6.67. The van der Waals surface area contributed by atoms with Crippen molar-refractivity contribution in [1.29, 1.82) is 0 Å². The molecule has 1 aromatic carbocycles. The summed E-state index contributed by atoms with van der Waals surface area (Å²) in [5, 5.41) is 0. The molecule has 0 N–H and O–H groups in total. The number of rotatable bonds is 8. The Morgan fingerprint density at radius 2 is 1.74 bits per heavy atom. The van der Waals surface area contributed by atoms with Crippen LogP contribution in [0, 0.1) is 5.41 Å². The molecule has 4 nitrogen and oxygen atoms in total. The Morgan fingerprint density at radius 3 is 2.41 bits per heavy atom. The molecule has 0 amide bonds. The van der Waals surface area contributed by atoms with Crippen molar-refractivity contribution in [3.63, 3.8) is 0 Å². The summed E-state index contributed by atoms with van der Waals surface area (Å²) in [4.78, 5) is 0. The van der Waals surface area contributed by atoms with Crippen LogP contribution in [0.5, 0.6) is 0 Å². The second-order valence-electron chi connectivity index (χ2n) is 8.22. The van der Waals surface area contributed by atoms with Crippen LogP contribution in [0.1, 0.15) is 63.3 Å². The van der Waals surface area contributed by atoms with Crippen LogP contribution in [0.3, 0.4) is 0 Å². The van der Waals surface area contributed by atoms with Crippen LogP contribution in [0.4, 0.5) is 0 Å². The minimum Gasteiger partial charge on any atom is -0.453 e. The molecule has 0 aliphatic carbocycles. The van der Waals surface area contributed by atoms with Gasteiger partial charge in [0.15, 0.2) is 0 Å². The lowest BCUT2D eigenvalue weighted by molar-refractivity contribution is 0.0447. The van der Waals surface area contributed by atoms with E-state index in [0.29, 0.717) is 25.1 Å². The molecule has 1 aliphatic heterocycles. The van der Waals surface area contributed by atoms with E-state index in [2.05, 4.69) is 19.1 Å². The van der Waals surface area contributed by atoms with E-state index in [-0.39, 0.29) is 5.41 Å². The van der Waals surface area contributed by atoms with Crippen molar-refractivity contribution in [1.82, 2.24) is 0 Å². The van der Waals surface area contributed by atoms with Gasteiger partial charge in [-0.05, 0) is 18.1 Å². The summed E-state index contributed by atoms with van der Waals surface area (Å²) in [6, 6.07) is 12.2. The number of aryl methyl sites for hydroxylation is 1. The van der Waals surface area contributed by atoms with E-state index in [1.807, 2.05) is 38.1 Å². The van der Waals surface area contributed by atoms with Crippen molar-refractivity contribution in [2.75, 3.05) is 13.2 Å². The fourth-order valence-corrected chi connectivity index (χ4v) is 5.29. The zero-order valence-corrected chi connectivity index (χ0v) is 17.6. The van der Waals surface area contributed by atoms with Crippen LogP contribution in [0.15, 0.2) is 40.8 Å². The van der Waals surface area contributed by atoms with Crippen LogP contribution < -0.4 is 5.50 Å². The lowest BCUT2D eigenvalue weighted by Crippen LogP contribution is -2.32. The lowest BCUT2D eigenvalue weighted by atomic mass is 9.97. The van der Waals surface area contributed by atoms with Gasteiger partial charge in [-0.3, -0.25) is 4.57 Å². The number of benzene rings is 1. The first-order chi connectivity index (χ1) is 12.9. The largest absolute Gasteiger partial charge is 0.453 e. The molecule has 0 spiro atoms. The molecule has 0 bridgehead atoms. The molecular formula is C22H31O4P. The van der Waals surface area contributed by atoms with Crippen LogP contribution in [0.2, 0.25) is 0 Å². The highest BCUT2D eigenvalue weighted by atomic mass is 31.2. The molecule has 5 heteroatoms. The predicted octanol–water partition coefficient (Wildman–Crippen LogP) is 5.88. The van der Waals surface area contributed by atoms with E-state index in [1.165, 1.54) is 19.3 Å². The van der Waals surface area contributed by atoms with Crippen molar-refractivity contribution >= 4 is 13.1 Å². The lowest BCUT2D eigenvalue weighted by Gasteiger charge is -2.33. The summed E-state index contributed by atoms with van der Waals surface area (Å²) in [7, 11) is -3.41. The highest BCUT2D eigenvalue weighted by Gasteiger charge is 2.42. The minimum atomic E-state index is -3.41. The molecule has 0 saturated carbocycles. The molecule has 0 atom stereocenters. The number of hydrogen-bond acceptors (Lipinski definition) is 4. The van der Waals surface area contributed by atoms with Crippen molar-refractivity contribution in [2.45, 2.75) is 59.3 Å². The first-order valence-corrected chi connectivity index (χ1v) is 11.5. The smallest absolute Gasteiger partial charge is 0.396 e. The van der Waals surface area contributed by atoms with Gasteiger partial charge >= 0.3 is 7.60 Å². The number of hydrogen-bond donors (Lipinski definition) is 0. The van der Waals surface area contributed by atoms with Gasteiger partial charge in [-0.25, -0.2) is 0 Å². The molecule has 148 valence electrons. The zero-order valence-electron chi connectivity index (χ0n) is 16.7. The average Bonchev–Trinajstić information content (AvgIpc) is 3.06. The highest BCUT2D eigenvalue weighted by molar-refractivity contribution is 7.61. The summed E-state index contributed by atoms with van der Waals surface area (Å²) in [5.41, 5.74) is 2.33. The minimum absolute atomic E-state index is 0.136. The Labute approximate surface area is 162 Å². The summed E-state index contributed by atoms with van der Waals surface area (Å²) >= 11 is 0. The molecule has 1 aromatic heterocycles. The highest BCUT2D eigenvalue weighted by Crippen LogP contribution is 2.53. The Morgan fingerprint density at radius 1 is 1.04 bits per heavy atom. The summed E-state index contributed by atoms with van der Waals surface area (Å²) in [5.74, 6) is 0.874. The Bertz CT molecular complexity index is 765. The summed E-state index contributed by atoms with van der Waals surface area (Å²) in [6.45, 7) is 7.10. The van der Waals surface area contributed by atoms with Gasteiger partial charge in [0, 0.05) is 23.8 Å². The van der Waals surface area contributed by atoms with Crippen LogP contribution >= 0.6 is 7.60 Å². The van der Waals surface area contributed by atoms with Crippen LogP contribution in [-0.4, -0.2) is 13.2 Å². The van der Waals surface area contributed by atoms with Gasteiger partial charge in [0.2, 0.25) is 5.50 Å². The standard InChI is InChI=1S/C22H31O4P/c1-4-5-6-10-13-20-15-19(14-18-11-8-7-9-12-18)21(26-20)27(23)24-16-22(2,3)17-25-27/h7-9,11-12,15H,4-6,10,13-14,16-17H2,1-3H3. The Hall–Kier alpha value is -1.35. The van der Waals surface area contributed by atoms with Gasteiger partial charge in [0.25, 0.3) is 0 Å². The van der Waals surface area contributed by atoms with Gasteiger partial charge in [0.05, 0.1) is 13.2 Å². The van der Waals surface area contributed by atoms with Crippen molar-refractivity contribution in [3.8, 4) is 0 Å². The average molecular weight is 390 g/mol. The topological polar surface area (TPSA) is 48.7 Å². The second-order valence-corrected chi connectivity index (χ2v) is 10.1. The monoisotopic (exact) mass is 390 g/mol. The van der Waals surface area contributed by atoms with Gasteiger partial charge < -0.3 is 13.5 Å². The van der Waals surface area contributed by atoms with E-state index >= 15 is 0 Å². The quantitative estimate of drug-likeness (QED) is 0.417. The third kappa shape index (κ3) is 5.34. The first-order valence-electron chi connectivity index (χ1n) is 9.97. The van der Waals surface area contributed by atoms with Crippen molar-refractivity contribution < 1.29 is 18.0 Å². The summed E-state index contributed by atoms with van der Waals surface area (Å²) in [6.07, 6.45) is 6.20. The first kappa shape index (κ1) is 20.4. The molecule has 2 heterocycles. The molecule has 3 rings (SSSR count). The predicted molar refractivity (Wildman–Crippen MR) is 109 cm³/mol. The fraction of sp³-hybridized carbons (Fsp3) is 0.545. The van der Waals surface area contributed by atoms with Gasteiger partial charge in [-0.2, -0.15) is 0 Å². The second kappa shape index (κ2) is 8.77. The molecular weight excluding hydrogens is 359 g/mol. The van der Waals surface area contributed by atoms with Crippen LogP contribution in [-0.2, 0) is 26.5 Å².